The number of nitrogens with zero attached hydrogens (tertiary/aromatic N) is 1. The van der Waals surface area contributed by atoms with Crippen LogP contribution < -0.4 is 9.47 Å². The number of aromatic nitrogens is 1. The maximum atomic E-state index is 12.5. The lowest BCUT2D eigenvalue weighted by Gasteiger charge is -2.11. The first kappa shape index (κ1) is 16.4. The molecule has 0 atom stereocenters. The molecule has 1 aromatic carbocycles. The number of benzene rings is 1. The lowest BCUT2D eigenvalue weighted by atomic mass is 10.1. The highest BCUT2D eigenvalue weighted by Crippen LogP contribution is 2.43. The maximum Gasteiger partial charge on any atom is 0.513 e. The van der Waals surface area contributed by atoms with Gasteiger partial charge in [-0.2, -0.15) is 0 Å². The van der Waals surface area contributed by atoms with Gasteiger partial charge >= 0.3 is 6.16 Å². The zero-order valence-electron chi connectivity index (χ0n) is 14.1. The molecule has 6 nitrogen and oxygen atoms in total. The summed E-state index contributed by atoms with van der Waals surface area (Å²) in [7, 11) is 1.50. The predicted octanol–water partition coefficient (Wildman–Crippen LogP) is 4.29. The van der Waals surface area contributed by atoms with Gasteiger partial charge in [-0.05, 0) is 36.8 Å². The Labute approximate surface area is 153 Å². The molecule has 0 fully saturated rings. The molecule has 0 unspecified atom stereocenters. The molecule has 0 bridgehead atoms. The second kappa shape index (κ2) is 6.34. The predicted molar refractivity (Wildman–Crippen MR) is 96.7 cm³/mol. The highest BCUT2D eigenvalue weighted by atomic mass is 32.1. The fourth-order valence-electron chi connectivity index (χ4n) is 3.00. The van der Waals surface area contributed by atoms with E-state index in [2.05, 4.69) is 0 Å². The third-order valence-corrected chi connectivity index (χ3v) is 5.09. The molecule has 0 saturated carbocycles. The monoisotopic (exact) mass is 369 g/mol. The van der Waals surface area contributed by atoms with Crippen LogP contribution in [0, 0.1) is 0 Å². The number of carbonyl (C=O) groups is 2. The summed E-state index contributed by atoms with van der Waals surface area (Å²) in [5.74, 6) is 0.713. The SMILES string of the molecule is CCOC(=O)Oc1cc(-c2csc3c2-n2cccc2C3=O)ccc1OC. The average molecular weight is 369 g/mol. The number of rotatable bonds is 4. The normalized spacial score (nSPS) is 11.8. The molecule has 7 heteroatoms. The summed E-state index contributed by atoms with van der Waals surface area (Å²) in [5.41, 5.74) is 3.22. The fourth-order valence-corrected chi connectivity index (χ4v) is 4.01. The van der Waals surface area contributed by atoms with Gasteiger partial charge in [0.05, 0.1) is 25.1 Å². The summed E-state index contributed by atoms with van der Waals surface area (Å²) < 4.78 is 17.2. The molecule has 0 saturated heterocycles. The van der Waals surface area contributed by atoms with Crippen LogP contribution in [0.2, 0.25) is 0 Å². The largest absolute Gasteiger partial charge is 0.513 e. The molecule has 0 amide bonds. The van der Waals surface area contributed by atoms with E-state index in [1.807, 2.05) is 34.3 Å². The van der Waals surface area contributed by atoms with Crippen molar-refractivity contribution in [3.63, 3.8) is 0 Å². The number of hydrogen-bond acceptors (Lipinski definition) is 6. The van der Waals surface area contributed by atoms with E-state index in [9.17, 15) is 9.59 Å². The molecule has 0 N–H and O–H groups in total. The number of methoxy groups -OCH3 is 1. The number of ether oxygens (including phenoxy) is 3. The summed E-state index contributed by atoms with van der Waals surface area (Å²) in [6.07, 6.45) is 1.08. The van der Waals surface area contributed by atoms with Crippen molar-refractivity contribution in [2.45, 2.75) is 6.92 Å². The number of carbonyl (C=O) groups excluding carboxylic acids is 2. The van der Waals surface area contributed by atoms with Crippen molar-refractivity contribution in [2.75, 3.05) is 13.7 Å². The molecule has 1 aliphatic rings. The van der Waals surface area contributed by atoms with Gasteiger partial charge < -0.3 is 18.8 Å². The molecule has 3 aromatic rings. The Hall–Kier alpha value is -3.06. The molecule has 1 aliphatic heterocycles. The minimum absolute atomic E-state index is 0.0257. The van der Waals surface area contributed by atoms with Gasteiger partial charge in [0.15, 0.2) is 11.5 Å². The number of ketones is 1. The first-order valence-electron chi connectivity index (χ1n) is 8.01. The first-order valence-corrected chi connectivity index (χ1v) is 8.89. The van der Waals surface area contributed by atoms with Gasteiger partial charge in [-0.1, -0.05) is 6.07 Å². The molecule has 4 rings (SSSR count). The van der Waals surface area contributed by atoms with Gasteiger partial charge in [0.25, 0.3) is 0 Å². The smallest absolute Gasteiger partial charge is 0.493 e. The lowest BCUT2D eigenvalue weighted by Crippen LogP contribution is -2.10. The van der Waals surface area contributed by atoms with Crippen molar-refractivity contribution in [1.82, 2.24) is 4.57 Å². The minimum Gasteiger partial charge on any atom is -0.493 e. The van der Waals surface area contributed by atoms with Gasteiger partial charge in [-0.25, -0.2) is 4.79 Å². The summed E-state index contributed by atoms with van der Waals surface area (Å²) >= 11 is 1.41. The lowest BCUT2D eigenvalue weighted by molar-refractivity contribution is 0.102. The van der Waals surface area contributed by atoms with Crippen LogP contribution in [0.15, 0.2) is 41.9 Å². The number of thiophene rings is 1. The van der Waals surface area contributed by atoms with E-state index in [4.69, 9.17) is 14.2 Å². The molecule has 0 radical (unpaired) electrons. The molecular formula is C19H15NO5S. The molecule has 3 heterocycles. The fraction of sp³-hybridized carbons (Fsp3) is 0.158. The van der Waals surface area contributed by atoms with Crippen molar-refractivity contribution in [2.24, 2.45) is 0 Å². The first-order chi connectivity index (χ1) is 12.6. The Bertz CT molecular complexity index is 1020. The molecule has 0 aliphatic carbocycles. The van der Waals surface area contributed by atoms with Crippen LogP contribution in [0.1, 0.15) is 22.3 Å². The summed E-state index contributed by atoms with van der Waals surface area (Å²) in [4.78, 5) is 24.9. The molecule has 2 aromatic heterocycles. The van der Waals surface area contributed by atoms with Crippen LogP contribution >= 0.6 is 11.3 Å². The number of fused-ring (bicyclic) bond motifs is 3. The standard InChI is InChI=1S/C19H15NO5S/c1-3-24-19(22)25-15-9-11(6-7-14(15)23-2)12-10-26-18-16(12)20-8-4-5-13(20)17(18)21/h4-10H,3H2,1-2H3. The second-order valence-corrected chi connectivity index (χ2v) is 6.45. The molecule has 26 heavy (non-hydrogen) atoms. The van der Waals surface area contributed by atoms with Crippen molar-refractivity contribution in [3.05, 3.63) is 52.5 Å². The van der Waals surface area contributed by atoms with Gasteiger partial charge in [-0.3, -0.25) is 4.79 Å². The molecule has 132 valence electrons. The van der Waals surface area contributed by atoms with Crippen LogP contribution in [-0.4, -0.2) is 30.2 Å². The van der Waals surface area contributed by atoms with Gasteiger partial charge in [-0.15, -0.1) is 11.3 Å². The van der Waals surface area contributed by atoms with Crippen LogP contribution in [0.4, 0.5) is 4.79 Å². The third-order valence-electron chi connectivity index (χ3n) is 4.12. The van der Waals surface area contributed by atoms with E-state index >= 15 is 0 Å². The van der Waals surface area contributed by atoms with Crippen LogP contribution in [-0.2, 0) is 4.74 Å². The average Bonchev–Trinajstić information content (AvgIpc) is 3.31. The van der Waals surface area contributed by atoms with Crippen LogP contribution in [0.5, 0.6) is 11.5 Å². The zero-order chi connectivity index (χ0) is 18.3. The maximum absolute atomic E-state index is 12.5. The van der Waals surface area contributed by atoms with Gasteiger partial charge in [0.2, 0.25) is 5.78 Å². The topological polar surface area (TPSA) is 66.8 Å². The quantitative estimate of drug-likeness (QED) is 0.396. The van der Waals surface area contributed by atoms with E-state index in [0.717, 1.165) is 16.8 Å². The van der Waals surface area contributed by atoms with E-state index in [-0.39, 0.29) is 18.1 Å². The Morgan fingerprint density at radius 1 is 1.23 bits per heavy atom. The summed E-state index contributed by atoms with van der Waals surface area (Å²) in [6.45, 7) is 1.92. The minimum atomic E-state index is -0.790. The Balaban J connectivity index is 1.78. The highest BCUT2D eigenvalue weighted by molar-refractivity contribution is 7.13. The Morgan fingerprint density at radius 3 is 2.85 bits per heavy atom. The van der Waals surface area contributed by atoms with Crippen LogP contribution in [0.25, 0.3) is 16.8 Å². The number of hydrogen-bond donors (Lipinski definition) is 0. The zero-order valence-corrected chi connectivity index (χ0v) is 15.0. The highest BCUT2D eigenvalue weighted by Gasteiger charge is 2.31. The van der Waals surface area contributed by atoms with Gasteiger partial charge in [0.1, 0.15) is 4.88 Å². The molecular weight excluding hydrogens is 354 g/mol. The van der Waals surface area contributed by atoms with E-state index in [1.165, 1.54) is 18.4 Å². The van der Waals surface area contributed by atoms with Gasteiger partial charge in [0, 0.05) is 17.1 Å². The van der Waals surface area contributed by atoms with E-state index < -0.39 is 6.16 Å². The van der Waals surface area contributed by atoms with Crippen molar-refractivity contribution in [1.29, 1.82) is 0 Å². The van der Waals surface area contributed by atoms with Crippen molar-refractivity contribution < 1.29 is 23.8 Å². The van der Waals surface area contributed by atoms with Crippen molar-refractivity contribution >= 4 is 23.3 Å². The van der Waals surface area contributed by atoms with E-state index in [0.29, 0.717) is 16.3 Å². The summed E-state index contributed by atoms with van der Waals surface area (Å²) in [6, 6.07) is 8.96. The van der Waals surface area contributed by atoms with Crippen molar-refractivity contribution in [3.8, 4) is 28.3 Å². The third kappa shape index (κ3) is 2.48. The Kier molecular flexibility index (Phi) is 4.00. The van der Waals surface area contributed by atoms with E-state index in [1.54, 1.807) is 19.1 Å². The summed E-state index contributed by atoms with van der Waals surface area (Å²) in [5, 5.41) is 1.93. The Morgan fingerprint density at radius 2 is 2.08 bits per heavy atom. The second-order valence-electron chi connectivity index (χ2n) is 5.57. The molecule has 0 spiro atoms. The van der Waals surface area contributed by atoms with Crippen LogP contribution in [0.3, 0.4) is 0 Å².